The monoisotopic (exact) mass is 236 g/mol. The van der Waals surface area contributed by atoms with E-state index in [1.165, 1.54) is 19.1 Å². The molecule has 1 atom stereocenters. The molecule has 1 unspecified atom stereocenters. The molecule has 0 saturated heterocycles. The van der Waals surface area contributed by atoms with Gasteiger partial charge in [0.05, 0.1) is 6.42 Å². The molecule has 1 N–H and O–H groups in total. The average molecular weight is 236 g/mol. The SMILES string of the molecule is CC(=O)OCC1(O)C=CC2=CCC(=O)OC2=C1. The number of rotatable bonds is 2. The molecule has 0 saturated carbocycles. The summed E-state index contributed by atoms with van der Waals surface area (Å²) in [6.45, 7) is 1.06. The first-order valence-electron chi connectivity index (χ1n) is 5.17. The van der Waals surface area contributed by atoms with Crippen LogP contribution in [-0.2, 0) is 19.1 Å². The van der Waals surface area contributed by atoms with Crippen molar-refractivity contribution in [2.24, 2.45) is 0 Å². The molecular weight excluding hydrogens is 224 g/mol. The number of carbonyl (C=O) groups is 2. The smallest absolute Gasteiger partial charge is 0.315 e. The molecule has 0 fully saturated rings. The number of aliphatic hydroxyl groups is 1. The molecule has 0 radical (unpaired) electrons. The summed E-state index contributed by atoms with van der Waals surface area (Å²) < 4.78 is 9.74. The van der Waals surface area contributed by atoms with Gasteiger partial charge in [-0.1, -0.05) is 12.2 Å². The number of carbonyl (C=O) groups excluding carboxylic acids is 2. The fourth-order valence-electron chi connectivity index (χ4n) is 1.60. The molecule has 0 aromatic heterocycles. The second kappa shape index (κ2) is 4.18. The molecule has 2 rings (SSSR count). The van der Waals surface area contributed by atoms with Crippen LogP contribution in [0.2, 0.25) is 0 Å². The summed E-state index contributed by atoms with van der Waals surface area (Å²) in [4.78, 5) is 21.8. The lowest BCUT2D eigenvalue weighted by Crippen LogP contribution is -2.34. The van der Waals surface area contributed by atoms with Crippen molar-refractivity contribution in [3.8, 4) is 0 Å². The van der Waals surface area contributed by atoms with Crippen LogP contribution in [0.25, 0.3) is 0 Å². The van der Waals surface area contributed by atoms with E-state index in [2.05, 4.69) is 0 Å². The highest BCUT2D eigenvalue weighted by Crippen LogP contribution is 2.29. The van der Waals surface area contributed by atoms with Gasteiger partial charge in [0.25, 0.3) is 0 Å². The normalized spacial score (nSPS) is 26.6. The summed E-state index contributed by atoms with van der Waals surface area (Å²) >= 11 is 0. The highest BCUT2D eigenvalue weighted by molar-refractivity contribution is 5.76. The second-order valence-corrected chi connectivity index (χ2v) is 3.95. The Morgan fingerprint density at radius 1 is 1.65 bits per heavy atom. The molecule has 0 amide bonds. The maximum Gasteiger partial charge on any atom is 0.315 e. The van der Waals surface area contributed by atoms with Crippen LogP contribution in [0.4, 0.5) is 0 Å². The lowest BCUT2D eigenvalue weighted by Gasteiger charge is -2.27. The number of ether oxygens (including phenoxy) is 2. The minimum atomic E-state index is -1.42. The summed E-state index contributed by atoms with van der Waals surface area (Å²) in [7, 11) is 0. The van der Waals surface area contributed by atoms with Gasteiger partial charge in [-0.15, -0.1) is 0 Å². The Morgan fingerprint density at radius 3 is 3.12 bits per heavy atom. The Morgan fingerprint density at radius 2 is 2.41 bits per heavy atom. The van der Waals surface area contributed by atoms with Crippen molar-refractivity contribution < 1.29 is 24.2 Å². The number of hydrogen-bond acceptors (Lipinski definition) is 5. The third-order valence-corrected chi connectivity index (χ3v) is 2.44. The zero-order valence-electron chi connectivity index (χ0n) is 9.30. The molecule has 0 spiro atoms. The summed E-state index contributed by atoms with van der Waals surface area (Å²) in [5.74, 6) is -0.546. The van der Waals surface area contributed by atoms with Crippen molar-refractivity contribution in [1.82, 2.24) is 0 Å². The Bertz CT molecular complexity index is 458. The zero-order chi connectivity index (χ0) is 12.5. The Kier molecular flexibility index (Phi) is 2.85. The minimum Gasteiger partial charge on any atom is -0.462 e. The van der Waals surface area contributed by atoms with Gasteiger partial charge in [-0.25, -0.2) is 0 Å². The van der Waals surface area contributed by atoms with Gasteiger partial charge in [0.15, 0.2) is 0 Å². The summed E-state index contributed by atoms with van der Waals surface area (Å²) in [5.41, 5.74) is -0.673. The van der Waals surface area contributed by atoms with E-state index in [0.29, 0.717) is 5.76 Å². The summed E-state index contributed by atoms with van der Waals surface area (Å²) in [5, 5.41) is 10.1. The highest BCUT2D eigenvalue weighted by Gasteiger charge is 2.30. The van der Waals surface area contributed by atoms with Crippen molar-refractivity contribution >= 4 is 11.9 Å². The van der Waals surface area contributed by atoms with Gasteiger partial charge in [-0.2, -0.15) is 0 Å². The molecule has 1 aliphatic carbocycles. The fourth-order valence-corrected chi connectivity index (χ4v) is 1.60. The predicted molar refractivity (Wildman–Crippen MR) is 57.6 cm³/mol. The third kappa shape index (κ3) is 2.62. The maximum atomic E-state index is 11.1. The Labute approximate surface area is 98.0 Å². The van der Waals surface area contributed by atoms with Gasteiger partial charge >= 0.3 is 11.9 Å². The second-order valence-electron chi connectivity index (χ2n) is 3.95. The minimum absolute atomic E-state index is 0.201. The lowest BCUT2D eigenvalue weighted by atomic mass is 9.93. The molecule has 0 bridgehead atoms. The van der Waals surface area contributed by atoms with Crippen molar-refractivity contribution in [2.45, 2.75) is 18.9 Å². The summed E-state index contributed by atoms with van der Waals surface area (Å²) in [6, 6.07) is 0. The Balaban J connectivity index is 2.18. The summed E-state index contributed by atoms with van der Waals surface area (Å²) in [6.07, 6.45) is 6.47. The first kappa shape index (κ1) is 11.6. The lowest BCUT2D eigenvalue weighted by molar-refractivity contribution is -0.145. The third-order valence-electron chi connectivity index (χ3n) is 2.44. The molecule has 17 heavy (non-hydrogen) atoms. The molecule has 0 aromatic carbocycles. The van der Waals surface area contributed by atoms with Gasteiger partial charge in [-0.05, 0) is 12.2 Å². The Hall–Kier alpha value is -1.88. The van der Waals surface area contributed by atoms with Crippen LogP contribution in [0, 0.1) is 0 Å². The largest absolute Gasteiger partial charge is 0.462 e. The topological polar surface area (TPSA) is 72.8 Å². The maximum absolute atomic E-state index is 11.1. The predicted octanol–water partition coefficient (Wildman–Crippen LogP) is 0.608. The van der Waals surface area contributed by atoms with Crippen molar-refractivity contribution in [3.63, 3.8) is 0 Å². The molecule has 2 aliphatic rings. The molecule has 0 aromatic rings. The zero-order valence-corrected chi connectivity index (χ0v) is 9.30. The highest BCUT2D eigenvalue weighted by atomic mass is 16.5. The van der Waals surface area contributed by atoms with Crippen LogP contribution in [0.3, 0.4) is 0 Å². The van der Waals surface area contributed by atoms with Crippen molar-refractivity contribution in [1.29, 1.82) is 0 Å². The fraction of sp³-hybridized carbons (Fsp3) is 0.333. The van der Waals surface area contributed by atoms with Gasteiger partial charge in [0.2, 0.25) is 0 Å². The first-order chi connectivity index (χ1) is 7.98. The van der Waals surface area contributed by atoms with E-state index in [1.807, 2.05) is 0 Å². The van der Waals surface area contributed by atoms with Crippen LogP contribution in [-0.4, -0.2) is 29.3 Å². The van der Waals surface area contributed by atoms with E-state index in [-0.39, 0.29) is 19.0 Å². The van der Waals surface area contributed by atoms with Crippen LogP contribution >= 0.6 is 0 Å². The standard InChI is InChI=1S/C12H12O5/c1-8(13)16-7-12(15)5-4-9-2-3-11(14)17-10(9)6-12/h2,4-6,15H,3,7H2,1H3. The van der Waals surface area contributed by atoms with E-state index in [4.69, 9.17) is 9.47 Å². The number of fused-ring (bicyclic) bond motifs is 1. The average Bonchev–Trinajstić information content (AvgIpc) is 2.26. The van der Waals surface area contributed by atoms with Gasteiger partial charge in [0.1, 0.15) is 18.0 Å². The van der Waals surface area contributed by atoms with E-state index in [0.717, 1.165) is 5.57 Å². The number of hydrogen-bond donors (Lipinski definition) is 1. The van der Waals surface area contributed by atoms with Gasteiger partial charge in [-0.3, -0.25) is 9.59 Å². The quantitative estimate of drug-likeness (QED) is 0.711. The molecule has 5 heteroatoms. The van der Waals surface area contributed by atoms with Crippen LogP contribution < -0.4 is 0 Å². The van der Waals surface area contributed by atoms with Gasteiger partial charge in [0, 0.05) is 12.5 Å². The molecule has 1 aliphatic heterocycles. The van der Waals surface area contributed by atoms with Crippen LogP contribution in [0.15, 0.2) is 35.6 Å². The number of allylic oxidation sites excluding steroid dienone is 1. The first-order valence-corrected chi connectivity index (χ1v) is 5.17. The van der Waals surface area contributed by atoms with Crippen LogP contribution in [0.1, 0.15) is 13.3 Å². The van der Waals surface area contributed by atoms with Crippen molar-refractivity contribution in [2.75, 3.05) is 6.61 Å². The van der Waals surface area contributed by atoms with E-state index in [9.17, 15) is 14.7 Å². The van der Waals surface area contributed by atoms with Gasteiger partial charge < -0.3 is 14.6 Å². The molecule has 90 valence electrons. The molecular formula is C12H12O5. The van der Waals surface area contributed by atoms with E-state index in [1.54, 1.807) is 12.2 Å². The van der Waals surface area contributed by atoms with Crippen molar-refractivity contribution in [3.05, 3.63) is 35.6 Å². The van der Waals surface area contributed by atoms with Crippen LogP contribution in [0.5, 0.6) is 0 Å². The molecule has 1 heterocycles. The van der Waals surface area contributed by atoms with E-state index < -0.39 is 11.6 Å². The molecule has 5 nitrogen and oxygen atoms in total. The number of esters is 2. The van der Waals surface area contributed by atoms with E-state index >= 15 is 0 Å².